The van der Waals surface area contributed by atoms with Crippen LogP contribution in [0.3, 0.4) is 0 Å². The van der Waals surface area contributed by atoms with Crippen molar-refractivity contribution in [2.75, 3.05) is 20.3 Å². The van der Waals surface area contributed by atoms with Crippen LogP contribution in [0, 0.1) is 0 Å². The van der Waals surface area contributed by atoms with E-state index in [1.165, 1.54) is 45.1 Å². The summed E-state index contributed by atoms with van der Waals surface area (Å²) >= 11 is 0. The molecule has 8 heteroatoms. The standard InChI is InChI=1S/C8H16N2.2C8H15N2.BrH.ClH/c3*1-3-4-5-10-7-6-9(2)8-10;;/h6-7H,3-5,8H2,1-2H3;2*6-8H,3-5H2,1-2H3;2*1H/q;2*+1;;/p-2. The van der Waals surface area contributed by atoms with E-state index in [2.05, 4.69) is 106 Å². The van der Waals surface area contributed by atoms with E-state index in [-0.39, 0.29) is 29.4 Å². The number of nitrogens with zero attached hydrogens (tertiary/aromatic N) is 6. The molecule has 0 amide bonds. The van der Waals surface area contributed by atoms with Gasteiger partial charge in [0, 0.05) is 26.0 Å². The maximum atomic E-state index is 2.34. The fraction of sp³-hybridized carbons (Fsp3) is 0.667. The predicted molar refractivity (Wildman–Crippen MR) is 124 cm³/mol. The first-order valence-electron chi connectivity index (χ1n) is 11.6. The van der Waals surface area contributed by atoms with Crippen molar-refractivity contribution in [2.24, 2.45) is 14.1 Å². The second-order valence-electron chi connectivity index (χ2n) is 8.20. The Labute approximate surface area is 213 Å². The van der Waals surface area contributed by atoms with Crippen molar-refractivity contribution in [3.63, 3.8) is 0 Å². The zero-order chi connectivity index (χ0) is 22.2. The second kappa shape index (κ2) is 20.2. The van der Waals surface area contributed by atoms with Gasteiger partial charge in [0.2, 0.25) is 12.7 Å². The summed E-state index contributed by atoms with van der Waals surface area (Å²) in [6.07, 6.45) is 24.5. The molecule has 3 heterocycles. The molecule has 186 valence electrons. The summed E-state index contributed by atoms with van der Waals surface area (Å²) in [6, 6.07) is 0. The van der Waals surface area contributed by atoms with Gasteiger partial charge in [-0.1, -0.05) is 40.0 Å². The molecular weight excluding hydrogens is 488 g/mol. The molecule has 0 aromatic carbocycles. The van der Waals surface area contributed by atoms with Gasteiger partial charge in [0.05, 0.1) is 33.9 Å². The zero-order valence-corrected chi connectivity index (χ0v) is 23.5. The van der Waals surface area contributed by atoms with Crippen molar-refractivity contribution < 1.29 is 38.5 Å². The summed E-state index contributed by atoms with van der Waals surface area (Å²) in [5.74, 6) is 0. The van der Waals surface area contributed by atoms with Crippen LogP contribution in [0.1, 0.15) is 59.3 Å². The molecule has 0 fully saturated rings. The molecule has 32 heavy (non-hydrogen) atoms. The first-order chi connectivity index (χ1) is 14.5. The normalized spacial score (nSPS) is 11.7. The predicted octanol–water partition coefficient (Wildman–Crippen LogP) is -2.30. The Kier molecular flexibility index (Phi) is 20.6. The maximum Gasteiger partial charge on any atom is 0.243 e. The molecule has 0 spiro atoms. The molecular formula is C24H46BrClN6. The second-order valence-corrected chi connectivity index (χ2v) is 8.20. The highest BCUT2D eigenvalue weighted by molar-refractivity contribution is 4.88. The third-order valence-corrected chi connectivity index (χ3v) is 4.92. The lowest BCUT2D eigenvalue weighted by molar-refractivity contribution is -0.671. The molecule has 1 aliphatic rings. The number of hydrogen-bond acceptors (Lipinski definition) is 2. The summed E-state index contributed by atoms with van der Waals surface area (Å²) in [5.41, 5.74) is 0. The number of halogens is 2. The first-order valence-corrected chi connectivity index (χ1v) is 11.6. The first kappa shape index (κ1) is 32.7. The molecule has 0 unspecified atom stereocenters. The Bertz CT molecular complexity index is 656. The largest absolute Gasteiger partial charge is 1.00 e. The Morgan fingerprint density at radius 3 is 1.47 bits per heavy atom. The smallest absolute Gasteiger partial charge is 0.243 e. The van der Waals surface area contributed by atoms with Crippen LogP contribution in [-0.4, -0.2) is 39.2 Å². The van der Waals surface area contributed by atoms with Crippen LogP contribution in [-0.2, 0) is 27.2 Å². The van der Waals surface area contributed by atoms with Gasteiger partial charge in [-0.2, -0.15) is 0 Å². The van der Waals surface area contributed by atoms with Crippen LogP contribution in [0.4, 0.5) is 0 Å². The quantitative estimate of drug-likeness (QED) is 0.339. The van der Waals surface area contributed by atoms with Crippen LogP contribution < -0.4 is 38.5 Å². The van der Waals surface area contributed by atoms with E-state index >= 15 is 0 Å². The molecule has 2 aromatic heterocycles. The molecule has 0 radical (unpaired) electrons. The van der Waals surface area contributed by atoms with Gasteiger partial charge in [0.25, 0.3) is 0 Å². The minimum atomic E-state index is 0. The SMILES string of the molecule is CCCCN1C=CN(C)C1.CCCCn1cc[n+](C)c1.CCCCn1cc[n+](C)c1.[Br-].[Cl-]. The van der Waals surface area contributed by atoms with E-state index in [9.17, 15) is 0 Å². The molecule has 1 aliphatic heterocycles. The van der Waals surface area contributed by atoms with E-state index in [4.69, 9.17) is 0 Å². The Morgan fingerprint density at radius 2 is 1.16 bits per heavy atom. The highest BCUT2D eigenvalue weighted by Gasteiger charge is 2.05. The molecule has 3 rings (SSSR count). The van der Waals surface area contributed by atoms with Gasteiger partial charge in [0.1, 0.15) is 24.8 Å². The number of aromatic nitrogens is 4. The van der Waals surface area contributed by atoms with Gasteiger partial charge in [-0.25, -0.2) is 18.3 Å². The van der Waals surface area contributed by atoms with Crippen molar-refractivity contribution in [1.29, 1.82) is 0 Å². The molecule has 0 N–H and O–H groups in total. The molecule has 6 nitrogen and oxygen atoms in total. The molecule has 2 aromatic rings. The maximum absolute atomic E-state index is 2.34. The number of unbranched alkanes of at least 4 members (excludes halogenated alkanes) is 3. The highest BCUT2D eigenvalue weighted by Crippen LogP contribution is 2.04. The minimum Gasteiger partial charge on any atom is -1.00 e. The number of aryl methyl sites for hydroxylation is 4. The third kappa shape index (κ3) is 15.4. The monoisotopic (exact) mass is 532 g/mol. The van der Waals surface area contributed by atoms with Crippen molar-refractivity contribution in [3.8, 4) is 0 Å². The van der Waals surface area contributed by atoms with Gasteiger partial charge in [-0.05, 0) is 19.3 Å². The van der Waals surface area contributed by atoms with E-state index in [0.717, 1.165) is 19.8 Å². The average Bonchev–Trinajstić information content (AvgIpc) is 3.46. The summed E-state index contributed by atoms with van der Waals surface area (Å²) in [7, 11) is 6.19. The van der Waals surface area contributed by atoms with E-state index in [0.29, 0.717) is 0 Å². The van der Waals surface area contributed by atoms with E-state index in [1.807, 2.05) is 14.1 Å². The lowest BCUT2D eigenvalue weighted by atomic mass is 10.3. The summed E-state index contributed by atoms with van der Waals surface area (Å²) < 4.78 is 8.55. The lowest BCUT2D eigenvalue weighted by Crippen LogP contribution is -3.00. The third-order valence-electron chi connectivity index (χ3n) is 4.92. The van der Waals surface area contributed by atoms with Crippen molar-refractivity contribution in [3.05, 3.63) is 49.8 Å². The number of imidazole rings is 2. The van der Waals surface area contributed by atoms with Crippen LogP contribution in [0.2, 0.25) is 0 Å². The van der Waals surface area contributed by atoms with Crippen LogP contribution in [0.5, 0.6) is 0 Å². The number of rotatable bonds is 9. The molecule has 0 aliphatic carbocycles. The van der Waals surface area contributed by atoms with Crippen molar-refractivity contribution in [1.82, 2.24) is 18.9 Å². The van der Waals surface area contributed by atoms with Gasteiger partial charge < -0.3 is 39.2 Å². The summed E-state index contributed by atoms with van der Waals surface area (Å²) in [4.78, 5) is 4.53. The van der Waals surface area contributed by atoms with Gasteiger partial charge >= 0.3 is 0 Å². The molecule has 0 atom stereocenters. The zero-order valence-electron chi connectivity index (χ0n) is 21.1. The molecule has 0 saturated heterocycles. The van der Waals surface area contributed by atoms with Gasteiger partial charge in [-0.15, -0.1) is 0 Å². The molecule has 0 bridgehead atoms. The van der Waals surface area contributed by atoms with Gasteiger partial charge in [0.15, 0.2) is 0 Å². The average molecular weight is 534 g/mol. The Morgan fingerprint density at radius 1 is 0.719 bits per heavy atom. The fourth-order valence-electron chi connectivity index (χ4n) is 3.04. The van der Waals surface area contributed by atoms with Gasteiger partial charge in [-0.3, -0.25) is 0 Å². The highest BCUT2D eigenvalue weighted by atomic mass is 79.9. The van der Waals surface area contributed by atoms with Crippen molar-refractivity contribution in [2.45, 2.75) is 72.4 Å². The van der Waals surface area contributed by atoms with Crippen LogP contribution >= 0.6 is 0 Å². The fourth-order valence-corrected chi connectivity index (χ4v) is 3.04. The topological polar surface area (TPSA) is 24.1 Å². The van der Waals surface area contributed by atoms with Crippen LogP contribution in [0.25, 0.3) is 0 Å². The Balaban J connectivity index is 0. The van der Waals surface area contributed by atoms with Crippen LogP contribution in [0.15, 0.2) is 49.8 Å². The lowest BCUT2D eigenvalue weighted by Gasteiger charge is -2.17. The number of hydrogen-bond donors (Lipinski definition) is 0. The van der Waals surface area contributed by atoms with Crippen molar-refractivity contribution >= 4 is 0 Å². The Hall–Kier alpha value is -1.47. The van der Waals surface area contributed by atoms with E-state index < -0.39 is 0 Å². The summed E-state index contributed by atoms with van der Waals surface area (Å²) in [5, 5.41) is 0. The minimum absolute atomic E-state index is 0. The molecule has 0 saturated carbocycles. The van der Waals surface area contributed by atoms with E-state index in [1.54, 1.807) is 0 Å². The summed E-state index contributed by atoms with van der Waals surface area (Å²) in [6.45, 7) is 11.2.